The van der Waals surface area contributed by atoms with Gasteiger partial charge in [0, 0.05) is 23.2 Å². The van der Waals surface area contributed by atoms with E-state index in [1.807, 2.05) is 45.0 Å². The number of ether oxygens (including phenoxy) is 1. The van der Waals surface area contributed by atoms with Crippen LogP contribution in [-0.2, 0) is 4.74 Å². The van der Waals surface area contributed by atoms with Crippen LogP contribution in [0.1, 0.15) is 34.6 Å². The van der Waals surface area contributed by atoms with Gasteiger partial charge in [0.25, 0.3) is 0 Å². The molecule has 0 saturated carbocycles. The molecule has 0 spiro atoms. The SMILES string of the molecule is CC(C)C(CNC(=O)OC(C)(C)C)CNc1cccc(Br)c1. The van der Waals surface area contributed by atoms with Gasteiger partial charge in [0.15, 0.2) is 0 Å². The quantitative estimate of drug-likeness (QED) is 0.765. The average molecular weight is 371 g/mol. The first kappa shape index (κ1) is 18.8. The lowest BCUT2D eigenvalue weighted by Crippen LogP contribution is -2.38. The molecule has 0 bridgehead atoms. The van der Waals surface area contributed by atoms with Crippen molar-refractivity contribution in [1.82, 2.24) is 5.32 Å². The number of rotatable bonds is 6. The maximum absolute atomic E-state index is 11.7. The van der Waals surface area contributed by atoms with Crippen molar-refractivity contribution in [3.8, 4) is 0 Å². The van der Waals surface area contributed by atoms with E-state index in [2.05, 4.69) is 40.4 Å². The Hall–Kier alpha value is -1.23. The van der Waals surface area contributed by atoms with Gasteiger partial charge in [-0.2, -0.15) is 0 Å². The van der Waals surface area contributed by atoms with Crippen molar-refractivity contribution in [3.05, 3.63) is 28.7 Å². The first-order chi connectivity index (χ1) is 10.2. The fraction of sp³-hybridized carbons (Fsp3) is 0.588. The number of halogens is 1. The summed E-state index contributed by atoms with van der Waals surface area (Å²) in [6.45, 7) is 11.3. The van der Waals surface area contributed by atoms with Crippen LogP contribution in [0.3, 0.4) is 0 Å². The number of nitrogens with one attached hydrogen (secondary N) is 2. The lowest BCUT2D eigenvalue weighted by Gasteiger charge is -2.24. The Morgan fingerprint density at radius 1 is 1.27 bits per heavy atom. The molecule has 0 aromatic heterocycles. The van der Waals surface area contributed by atoms with Crippen molar-refractivity contribution < 1.29 is 9.53 Å². The van der Waals surface area contributed by atoms with Crippen molar-refractivity contribution in [3.63, 3.8) is 0 Å². The zero-order valence-electron chi connectivity index (χ0n) is 14.1. The van der Waals surface area contributed by atoms with E-state index in [9.17, 15) is 4.79 Å². The summed E-state index contributed by atoms with van der Waals surface area (Å²) in [7, 11) is 0. The number of carbonyl (C=O) groups is 1. The molecule has 0 heterocycles. The minimum absolute atomic E-state index is 0.325. The highest BCUT2D eigenvalue weighted by Crippen LogP contribution is 2.17. The summed E-state index contributed by atoms with van der Waals surface area (Å²) in [5, 5.41) is 6.27. The van der Waals surface area contributed by atoms with Crippen LogP contribution in [-0.4, -0.2) is 24.8 Å². The summed E-state index contributed by atoms with van der Waals surface area (Å²) in [5.41, 5.74) is 0.601. The molecule has 0 fully saturated rings. The second-order valence-electron chi connectivity index (χ2n) is 6.78. The number of hydrogen-bond donors (Lipinski definition) is 2. The molecule has 0 radical (unpaired) electrons. The number of carbonyl (C=O) groups excluding carboxylic acids is 1. The molecule has 0 aliphatic heterocycles. The highest BCUT2D eigenvalue weighted by Gasteiger charge is 2.19. The Morgan fingerprint density at radius 3 is 2.50 bits per heavy atom. The van der Waals surface area contributed by atoms with Crippen LogP contribution in [0.5, 0.6) is 0 Å². The predicted octanol–water partition coefficient (Wildman–Crippen LogP) is 4.66. The van der Waals surface area contributed by atoms with Crippen molar-refractivity contribution >= 4 is 27.7 Å². The molecule has 1 amide bonds. The summed E-state index contributed by atoms with van der Waals surface area (Å²) in [6.07, 6.45) is -0.361. The van der Waals surface area contributed by atoms with Gasteiger partial charge in [-0.3, -0.25) is 0 Å². The second kappa shape index (κ2) is 8.42. The molecule has 0 saturated heterocycles. The van der Waals surface area contributed by atoms with E-state index < -0.39 is 5.60 Å². The average Bonchev–Trinajstić information content (AvgIpc) is 2.36. The molecule has 1 atom stereocenters. The largest absolute Gasteiger partial charge is 0.444 e. The van der Waals surface area contributed by atoms with Crippen LogP contribution in [0.15, 0.2) is 28.7 Å². The molecule has 124 valence electrons. The molecular weight excluding hydrogens is 344 g/mol. The number of anilines is 1. The van der Waals surface area contributed by atoms with Gasteiger partial charge >= 0.3 is 6.09 Å². The smallest absolute Gasteiger partial charge is 0.407 e. The standard InChI is InChI=1S/C17H27BrN2O2/c1-12(2)13(11-20-16(21)22-17(3,4)5)10-19-15-8-6-7-14(18)9-15/h6-9,12-13,19H,10-11H2,1-5H3,(H,20,21). The normalized spacial score (nSPS) is 12.9. The highest BCUT2D eigenvalue weighted by atomic mass is 79.9. The van der Waals surface area contributed by atoms with Gasteiger partial charge < -0.3 is 15.4 Å². The molecule has 1 aromatic carbocycles. The van der Waals surface area contributed by atoms with Gasteiger partial charge in [0.1, 0.15) is 5.60 Å². The van der Waals surface area contributed by atoms with Crippen LogP contribution in [0.2, 0.25) is 0 Å². The third-order valence-corrected chi connectivity index (χ3v) is 3.74. The van der Waals surface area contributed by atoms with Crippen molar-refractivity contribution in [2.45, 2.75) is 40.2 Å². The first-order valence-electron chi connectivity index (χ1n) is 7.63. The second-order valence-corrected chi connectivity index (χ2v) is 7.69. The van der Waals surface area contributed by atoms with E-state index in [0.717, 1.165) is 16.7 Å². The Morgan fingerprint density at radius 2 is 1.95 bits per heavy atom. The van der Waals surface area contributed by atoms with E-state index >= 15 is 0 Å². The van der Waals surface area contributed by atoms with Crippen LogP contribution in [0.25, 0.3) is 0 Å². The summed E-state index contributed by atoms with van der Waals surface area (Å²) in [4.78, 5) is 11.7. The number of alkyl carbamates (subject to hydrolysis) is 1. The van der Waals surface area contributed by atoms with Crippen LogP contribution < -0.4 is 10.6 Å². The van der Waals surface area contributed by atoms with E-state index in [1.165, 1.54) is 0 Å². The summed E-state index contributed by atoms with van der Waals surface area (Å²) in [6, 6.07) is 8.06. The number of amides is 1. The van der Waals surface area contributed by atoms with E-state index in [-0.39, 0.29) is 6.09 Å². The zero-order chi connectivity index (χ0) is 16.8. The topological polar surface area (TPSA) is 50.4 Å². The van der Waals surface area contributed by atoms with Gasteiger partial charge in [0.2, 0.25) is 0 Å². The number of hydrogen-bond acceptors (Lipinski definition) is 3. The monoisotopic (exact) mass is 370 g/mol. The lowest BCUT2D eigenvalue weighted by molar-refractivity contribution is 0.0516. The zero-order valence-corrected chi connectivity index (χ0v) is 15.7. The summed E-state index contributed by atoms with van der Waals surface area (Å²) < 4.78 is 6.32. The van der Waals surface area contributed by atoms with Crippen LogP contribution in [0, 0.1) is 11.8 Å². The van der Waals surface area contributed by atoms with Gasteiger partial charge in [0.05, 0.1) is 0 Å². The third kappa shape index (κ3) is 7.69. The molecule has 5 heteroatoms. The summed E-state index contributed by atoms with van der Waals surface area (Å²) in [5.74, 6) is 0.779. The minimum Gasteiger partial charge on any atom is -0.444 e. The molecule has 1 unspecified atom stereocenters. The van der Waals surface area contributed by atoms with Gasteiger partial charge in [-0.15, -0.1) is 0 Å². The molecule has 22 heavy (non-hydrogen) atoms. The van der Waals surface area contributed by atoms with Crippen LogP contribution >= 0.6 is 15.9 Å². The van der Waals surface area contributed by atoms with Crippen LogP contribution in [0.4, 0.5) is 10.5 Å². The fourth-order valence-corrected chi connectivity index (χ4v) is 2.32. The Bertz CT molecular complexity index is 484. The third-order valence-electron chi connectivity index (χ3n) is 3.24. The number of benzene rings is 1. The fourth-order valence-electron chi connectivity index (χ4n) is 1.92. The molecule has 4 nitrogen and oxygen atoms in total. The van der Waals surface area contributed by atoms with Crippen molar-refractivity contribution in [2.75, 3.05) is 18.4 Å². The lowest BCUT2D eigenvalue weighted by atomic mass is 9.95. The van der Waals surface area contributed by atoms with Gasteiger partial charge in [-0.1, -0.05) is 35.8 Å². The maximum atomic E-state index is 11.7. The molecule has 0 aliphatic rings. The Labute approximate surface area is 142 Å². The van der Waals surface area contributed by atoms with Gasteiger partial charge in [-0.05, 0) is 50.8 Å². The Kier molecular flexibility index (Phi) is 7.20. The van der Waals surface area contributed by atoms with E-state index in [4.69, 9.17) is 4.74 Å². The molecule has 2 N–H and O–H groups in total. The molecule has 1 aromatic rings. The van der Waals surface area contributed by atoms with E-state index in [0.29, 0.717) is 18.4 Å². The van der Waals surface area contributed by atoms with Crippen molar-refractivity contribution in [1.29, 1.82) is 0 Å². The minimum atomic E-state index is -0.466. The Balaban J connectivity index is 2.47. The summed E-state index contributed by atoms with van der Waals surface area (Å²) >= 11 is 3.46. The highest BCUT2D eigenvalue weighted by molar-refractivity contribution is 9.10. The van der Waals surface area contributed by atoms with Gasteiger partial charge in [-0.25, -0.2) is 4.79 Å². The molecule has 0 aliphatic carbocycles. The maximum Gasteiger partial charge on any atom is 0.407 e. The first-order valence-corrected chi connectivity index (χ1v) is 8.43. The predicted molar refractivity (Wildman–Crippen MR) is 95.2 cm³/mol. The van der Waals surface area contributed by atoms with Crippen molar-refractivity contribution in [2.24, 2.45) is 11.8 Å². The molecule has 1 rings (SSSR count). The molecular formula is C17H27BrN2O2. The van der Waals surface area contributed by atoms with E-state index in [1.54, 1.807) is 0 Å².